The zero-order valence-corrected chi connectivity index (χ0v) is 32.3. The first kappa shape index (κ1) is 35.1. The van der Waals surface area contributed by atoms with Gasteiger partial charge in [-0.05, 0) is 82.9 Å². The molecule has 1 aliphatic rings. The van der Waals surface area contributed by atoms with Crippen molar-refractivity contribution in [2.45, 2.75) is 9.49 Å². The van der Waals surface area contributed by atoms with Crippen LogP contribution in [-0.4, -0.2) is 56.4 Å². The average molecular weight is 705 g/mol. The van der Waals surface area contributed by atoms with E-state index in [-0.39, 0.29) is 0 Å². The summed E-state index contributed by atoms with van der Waals surface area (Å²) in [6, 6.07) is 53.6. The molecule has 0 atom stereocenters. The molecule has 6 aromatic carbocycles. The van der Waals surface area contributed by atoms with E-state index in [0.717, 1.165) is 45.4 Å². The van der Waals surface area contributed by atoms with Crippen molar-refractivity contribution in [3.63, 3.8) is 0 Å². The standard InChI is InChI=1S/C46H48N4OS/c1-47(2)37-25-17-33(18-26-37)45(34-19-27-38(28-20-34)48(3)4)41-13-9-11-15-43(41)51-44-16-12-10-14-42(44)46(52-45,35-21-29-39(30-22-35)49(5)6)36-23-31-40(32-24-36)50(7)8/h9-32H,1-8H3. The number of para-hydroxylation sites is 2. The van der Waals surface area contributed by atoms with Crippen LogP contribution in [0.4, 0.5) is 22.7 Å². The highest BCUT2D eigenvalue weighted by Gasteiger charge is 2.52. The summed E-state index contributed by atoms with van der Waals surface area (Å²) >= 11 is 1.98. The van der Waals surface area contributed by atoms with E-state index >= 15 is 0 Å². The molecule has 0 saturated carbocycles. The smallest absolute Gasteiger partial charge is 0.132 e. The fraction of sp³-hybridized carbons (Fsp3) is 0.217. The number of thioether (sulfide) groups is 1. The maximum atomic E-state index is 7.18. The van der Waals surface area contributed by atoms with Crippen molar-refractivity contribution in [3.8, 4) is 11.5 Å². The molecule has 5 nitrogen and oxygen atoms in total. The molecule has 0 aliphatic carbocycles. The maximum absolute atomic E-state index is 7.18. The van der Waals surface area contributed by atoms with Gasteiger partial charge in [0.1, 0.15) is 11.5 Å². The lowest BCUT2D eigenvalue weighted by Crippen LogP contribution is -2.37. The summed E-state index contributed by atoms with van der Waals surface area (Å²) in [7, 11) is 16.7. The molecule has 52 heavy (non-hydrogen) atoms. The van der Waals surface area contributed by atoms with Crippen LogP contribution < -0.4 is 24.3 Å². The highest BCUT2D eigenvalue weighted by atomic mass is 32.2. The van der Waals surface area contributed by atoms with Gasteiger partial charge in [0.15, 0.2) is 0 Å². The molecule has 7 rings (SSSR count). The molecular formula is C46H48N4OS. The van der Waals surface area contributed by atoms with Crippen molar-refractivity contribution < 1.29 is 4.74 Å². The van der Waals surface area contributed by atoms with Crippen molar-refractivity contribution in [2.24, 2.45) is 0 Å². The Bertz CT molecular complexity index is 1880. The van der Waals surface area contributed by atoms with Crippen molar-refractivity contribution >= 4 is 34.5 Å². The van der Waals surface area contributed by atoms with Crippen LogP contribution in [-0.2, 0) is 9.49 Å². The van der Waals surface area contributed by atoms with Gasteiger partial charge in [0, 0.05) is 90.3 Å². The summed E-state index contributed by atoms with van der Waals surface area (Å²) in [6.45, 7) is 0. The molecule has 1 heterocycles. The van der Waals surface area contributed by atoms with E-state index < -0.39 is 9.49 Å². The SMILES string of the molecule is CN(C)c1ccc(C2(c3ccc(N(C)C)cc3)SC(c3ccc(N(C)C)cc3)(c3ccc(N(C)C)cc3)c3ccccc3Oc3ccccc32)cc1. The van der Waals surface area contributed by atoms with Gasteiger partial charge in [-0.25, -0.2) is 0 Å². The molecular weight excluding hydrogens is 657 g/mol. The Hall–Kier alpha value is -5.33. The number of anilines is 4. The number of nitrogens with zero attached hydrogens (tertiary/aromatic N) is 4. The predicted octanol–water partition coefficient (Wildman–Crippen LogP) is 10.1. The molecule has 0 saturated heterocycles. The van der Waals surface area contributed by atoms with Crippen LogP contribution in [0.2, 0.25) is 0 Å². The average Bonchev–Trinajstić information content (AvgIpc) is 3.16. The number of benzene rings is 6. The molecule has 0 aromatic heterocycles. The third-order valence-corrected chi connectivity index (χ3v) is 12.2. The van der Waals surface area contributed by atoms with Gasteiger partial charge in [-0.15, -0.1) is 11.8 Å². The Morgan fingerprint density at radius 3 is 0.846 bits per heavy atom. The van der Waals surface area contributed by atoms with Crippen molar-refractivity contribution in [1.82, 2.24) is 0 Å². The summed E-state index contributed by atoms with van der Waals surface area (Å²) in [5.41, 5.74) is 11.5. The summed E-state index contributed by atoms with van der Waals surface area (Å²) < 4.78 is 5.74. The molecule has 0 bridgehead atoms. The van der Waals surface area contributed by atoms with Crippen molar-refractivity contribution in [3.05, 3.63) is 179 Å². The quantitative estimate of drug-likeness (QED) is 0.156. The first-order chi connectivity index (χ1) is 25.0. The normalized spacial score (nSPS) is 14.2. The minimum absolute atomic E-state index is 0.722. The third-order valence-electron chi connectivity index (χ3n) is 10.2. The van der Waals surface area contributed by atoms with Gasteiger partial charge < -0.3 is 24.3 Å². The van der Waals surface area contributed by atoms with Gasteiger partial charge in [-0.1, -0.05) is 84.9 Å². The Kier molecular flexibility index (Phi) is 9.45. The second kappa shape index (κ2) is 14.0. The van der Waals surface area contributed by atoms with E-state index in [0.29, 0.717) is 0 Å². The molecule has 0 unspecified atom stereocenters. The Labute approximate surface area is 314 Å². The van der Waals surface area contributed by atoms with Crippen LogP contribution in [0.25, 0.3) is 0 Å². The van der Waals surface area contributed by atoms with E-state index in [1.54, 1.807) is 0 Å². The Morgan fingerprint density at radius 1 is 0.346 bits per heavy atom. The van der Waals surface area contributed by atoms with Crippen LogP contribution in [0.15, 0.2) is 146 Å². The molecule has 1 aliphatic heterocycles. The summed E-state index contributed by atoms with van der Waals surface area (Å²) in [6.07, 6.45) is 0. The Balaban J connectivity index is 1.65. The van der Waals surface area contributed by atoms with E-state index in [4.69, 9.17) is 4.74 Å². The topological polar surface area (TPSA) is 22.2 Å². The van der Waals surface area contributed by atoms with Crippen molar-refractivity contribution in [2.75, 3.05) is 76.0 Å². The largest absolute Gasteiger partial charge is 0.457 e. The molecule has 0 radical (unpaired) electrons. The number of hydrogen-bond donors (Lipinski definition) is 0. The highest BCUT2D eigenvalue weighted by Crippen LogP contribution is 2.65. The van der Waals surface area contributed by atoms with Crippen LogP contribution in [0.5, 0.6) is 11.5 Å². The van der Waals surface area contributed by atoms with Gasteiger partial charge in [-0.2, -0.15) is 0 Å². The lowest BCUT2D eigenvalue weighted by Gasteiger charge is -2.47. The summed E-state index contributed by atoms with van der Waals surface area (Å²) in [5.74, 6) is 1.69. The van der Waals surface area contributed by atoms with E-state index in [2.05, 4.69) is 222 Å². The molecule has 6 heteroatoms. The first-order valence-corrected chi connectivity index (χ1v) is 18.5. The Morgan fingerprint density at radius 2 is 0.596 bits per heavy atom. The van der Waals surface area contributed by atoms with E-state index in [9.17, 15) is 0 Å². The fourth-order valence-corrected chi connectivity index (χ4v) is 9.35. The lowest BCUT2D eigenvalue weighted by atomic mass is 9.81. The fourth-order valence-electron chi connectivity index (χ4n) is 7.32. The number of hydrogen-bond acceptors (Lipinski definition) is 6. The second-order valence-electron chi connectivity index (χ2n) is 14.3. The summed E-state index contributed by atoms with van der Waals surface area (Å²) in [5, 5.41) is 0. The first-order valence-electron chi connectivity index (χ1n) is 17.7. The summed E-state index contributed by atoms with van der Waals surface area (Å²) in [4.78, 5) is 8.63. The maximum Gasteiger partial charge on any atom is 0.132 e. The van der Waals surface area contributed by atoms with Crippen LogP contribution in [0.1, 0.15) is 33.4 Å². The van der Waals surface area contributed by atoms with Gasteiger partial charge in [0.2, 0.25) is 0 Å². The van der Waals surface area contributed by atoms with E-state index in [1.165, 1.54) is 22.3 Å². The number of rotatable bonds is 8. The molecule has 6 aromatic rings. The third kappa shape index (κ3) is 6.05. The van der Waals surface area contributed by atoms with Gasteiger partial charge >= 0.3 is 0 Å². The van der Waals surface area contributed by atoms with Gasteiger partial charge in [0.25, 0.3) is 0 Å². The van der Waals surface area contributed by atoms with Crippen LogP contribution >= 0.6 is 11.8 Å². The van der Waals surface area contributed by atoms with Gasteiger partial charge in [0.05, 0.1) is 9.49 Å². The number of ether oxygens (including phenoxy) is 1. The number of fused-ring (bicyclic) bond motifs is 2. The molecule has 0 amide bonds. The molecule has 0 spiro atoms. The van der Waals surface area contributed by atoms with Crippen LogP contribution in [0.3, 0.4) is 0 Å². The zero-order chi connectivity index (χ0) is 36.6. The second-order valence-corrected chi connectivity index (χ2v) is 15.8. The van der Waals surface area contributed by atoms with E-state index in [1.807, 2.05) is 11.8 Å². The van der Waals surface area contributed by atoms with Crippen LogP contribution in [0, 0.1) is 0 Å². The monoisotopic (exact) mass is 704 g/mol. The minimum atomic E-state index is -0.722. The molecule has 264 valence electrons. The highest BCUT2D eigenvalue weighted by molar-refractivity contribution is 8.02. The minimum Gasteiger partial charge on any atom is -0.457 e. The van der Waals surface area contributed by atoms with Crippen molar-refractivity contribution in [1.29, 1.82) is 0 Å². The molecule has 0 fully saturated rings. The van der Waals surface area contributed by atoms with Gasteiger partial charge in [-0.3, -0.25) is 0 Å². The predicted molar refractivity (Wildman–Crippen MR) is 223 cm³/mol. The molecule has 0 N–H and O–H groups in total. The lowest BCUT2D eigenvalue weighted by molar-refractivity contribution is 0.461. The zero-order valence-electron chi connectivity index (χ0n) is 31.5.